The monoisotopic (exact) mass is 193 g/mol. The molecule has 80 valence electrons. The fourth-order valence-corrected chi connectivity index (χ4v) is 0.946. The lowest BCUT2D eigenvalue weighted by atomic mass is 10.0. The lowest BCUT2D eigenvalue weighted by Crippen LogP contribution is -2.38. The Balaban J connectivity index is 3.96. The van der Waals surface area contributed by atoms with E-state index in [1.807, 2.05) is 12.2 Å². The van der Waals surface area contributed by atoms with Crippen molar-refractivity contribution in [1.29, 1.82) is 0 Å². The van der Waals surface area contributed by atoms with Gasteiger partial charge in [-0.15, -0.1) is 0 Å². The Morgan fingerprint density at radius 2 is 2.00 bits per heavy atom. The molecule has 0 rings (SSSR count). The molecule has 0 saturated heterocycles. The van der Waals surface area contributed by atoms with Crippen LogP contribution in [0.4, 0.5) is 0 Å². The Bertz CT molecular complexity index is 218. The van der Waals surface area contributed by atoms with Crippen LogP contribution in [0.2, 0.25) is 0 Å². The molecule has 0 aromatic rings. The van der Waals surface area contributed by atoms with Crippen LogP contribution in [0.15, 0.2) is 37.0 Å². The van der Waals surface area contributed by atoms with Gasteiger partial charge in [0.25, 0.3) is 0 Å². The highest BCUT2D eigenvalue weighted by Gasteiger charge is 2.11. The highest BCUT2D eigenvalue weighted by atomic mass is 14.9. The summed E-state index contributed by atoms with van der Waals surface area (Å²) in [6, 6.07) is 0. The Morgan fingerprint density at radius 3 is 2.43 bits per heavy atom. The largest absolute Gasteiger partial charge is 0.311 e. The number of allylic oxidation sites excluding steroid dienone is 3. The zero-order valence-electron chi connectivity index (χ0n) is 9.93. The van der Waals surface area contributed by atoms with Gasteiger partial charge in [0.1, 0.15) is 0 Å². The topological polar surface area (TPSA) is 12.0 Å². The van der Waals surface area contributed by atoms with Gasteiger partial charge in [0.15, 0.2) is 0 Å². The van der Waals surface area contributed by atoms with Crippen molar-refractivity contribution in [3.05, 3.63) is 37.0 Å². The molecule has 0 aromatic carbocycles. The third kappa shape index (κ3) is 6.67. The smallest absolute Gasteiger partial charge is 0.00967 e. The fraction of sp³-hybridized carbons (Fsp3) is 0.538. The Labute approximate surface area is 88.6 Å². The lowest BCUT2D eigenvalue weighted by Gasteiger charge is -2.23. The van der Waals surface area contributed by atoms with Gasteiger partial charge in [-0.3, -0.25) is 0 Å². The predicted molar refractivity (Wildman–Crippen MR) is 65.4 cm³/mol. The third-order valence-corrected chi connectivity index (χ3v) is 2.02. The normalized spacial score (nSPS) is 14.3. The molecule has 0 bridgehead atoms. The second-order valence-electron chi connectivity index (χ2n) is 4.70. The molecule has 0 aliphatic heterocycles. The standard InChI is InChI=1S/C13H23N/c1-7-8-9-11(2)12(3)10-14-13(4,5)6/h7-9,12,14H,1-2,10H2,3-6H3/b9-8-. The average Bonchev–Trinajstić information content (AvgIpc) is 2.09. The first kappa shape index (κ1) is 13.2. The maximum absolute atomic E-state index is 4.02. The molecule has 0 aliphatic carbocycles. The van der Waals surface area contributed by atoms with Crippen molar-refractivity contribution >= 4 is 0 Å². The van der Waals surface area contributed by atoms with Crippen LogP contribution in [-0.2, 0) is 0 Å². The summed E-state index contributed by atoms with van der Waals surface area (Å²) >= 11 is 0. The van der Waals surface area contributed by atoms with Crippen LogP contribution in [-0.4, -0.2) is 12.1 Å². The van der Waals surface area contributed by atoms with Crippen molar-refractivity contribution in [2.45, 2.75) is 33.2 Å². The summed E-state index contributed by atoms with van der Waals surface area (Å²) in [6.45, 7) is 17.3. The zero-order chi connectivity index (χ0) is 11.2. The van der Waals surface area contributed by atoms with E-state index in [1.54, 1.807) is 6.08 Å². The van der Waals surface area contributed by atoms with Gasteiger partial charge in [-0.2, -0.15) is 0 Å². The minimum absolute atomic E-state index is 0.177. The maximum Gasteiger partial charge on any atom is 0.00967 e. The van der Waals surface area contributed by atoms with Crippen LogP contribution < -0.4 is 5.32 Å². The van der Waals surface area contributed by atoms with Crippen LogP contribution in [0.25, 0.3) is 0 Å². The number of hydrogen-bond acceptors (Lipinski definition) is 1. The first-order valence-electron chi connectivity index (χ1n) is 5.09. The Kier molecular flexibility index (Phi) is 5.47. The second kappa shape index (κ2) is 5.82. The number of hydrogen-bond donors (Lipinski definition) is 1. The second-order valence-corrected chi connectivity index (χ2v) is 4.70. The zero-order valence-corrected chi connectivity index (χ0v) is 9.93. The summed E-state index contributed by atoms with van der Waals surface area (Å²) in [4.78, 5) is 0. The molecule has 14 heavy (non-hydrogen) atoms. The summed E-state index contributed by atoms with van der Waals surface area (Å²) in [5, 5.41) is 3.46. The van der Waals surface area contributed by atoms with Gasteiger partial charge in [0, 0.05) is 12.1 Å². The molecule has 0 saturated carbocycles. The van der Waals surface area contributed by atoms with Crippen molar-refractivity contribution in [2.75, 3.05) is 6.54 Å². The molecule has 0 heterocycles. The molecular weight excluding hydrogens is 170 g/mol. The van der Waals surface area contributed by atoms with Crippen LogP contribution in [0.3, 0.4) is 0 Å². The quantitative estimate of drug-likeness (QED) is 0.661. The van der Waals surface area contributed by atoms with Crippen molar-refractivity contribution in [1.82, 2.24) is 5.32 Å². The highest BCUT2D eigenvalue weighted by molar-refractivity contribution is 5.20. The van der Waals surface area contributed by atoms with Crippen LogP contribution in [0, 0.1) is 5.92 Å². The van der Waals surface area contributed by atoms with Gasteiger partial charge in [-0.1, -0.05) is 43.9 Å². The summed E-state index contributed by atoms with van der Waals surface area (Å²) in [5.41, 5.74) is 1.32. The van der Waals surface area contributed by atoms with E-state index in [0.29, 0.717) is 5.92 Å². The molecule has 1 N–H and O–H groups in total. The summed E-state index contributed by atoms with van der Waals surface area (Å²) in [7, 11) is 0. The van der Waals surface area contributed by atoms with Crippen molar-refractivity contribution in [3.8, 4) is 0 Å². The van der Waals surface area contributed by atoms with E-state index in [1.165, 1.54) is 0 Å². The van der Waals surface area contributed by atoms with E-state index in [0.717, 1.165) is 12.1 Å². The van der Waals surface area contributed by atoms with Gasteiger partial charge in [-0.25, -0.2) is 0 Å². The van der Waals surface area contributed by atoms with E-state index in [2.05, 4.69) is 46.2 Å². The van der Waals surface area contributed by atoms with E-state index >= 15 is 0 Å². The van der Waals surface area contributed by atoms with Gasteiger partial charge in [0.05, 0.1) is 0 Å². The Hall–Kier alpha value is -0.820. The van der Waals surface area contributed by atoms with Crippen LogP contribution in [0.5, 0.6) is 0 Å². The highest BCUT2D eigenvalue weighted by Crippen LogP contribution is 2.10. The molecular formula is C13H23N. The molecule has 0 spiro atoms. The van der Waals surface area contributed by atoms with Crippen LogP contribution in [0.1, 0.15) is 27.7 Å². The molecule has 1 unspecified atom stereocenters. The van der Waals surface area contributed by atoms with E-state index in [-0.39, 0.29) is 5.54 Å². The summed E-state index contributed by atoms with van der Waals surface area (Å²) < 4.78 is 0. The minimum Gasteiger partial charge on any atom is -0.311 e. The van der Waals surface area contributed by atoms with Gasteiger partial charge < -0.3 is 5.32 Å². The van der Waals surface area contributed by atoms with Crippen LogP contribution >= 0.6 is 0 Å². The molecule has 0 aliphatic rings. The average molecular weight is 193 g/mol. The summed E-state index contributed by atoms with van der Waals surface area (Å²) in [5.74, 6) is 0.463. The SMILES string of the molecule is C=C/C=C\C(=C)C(C)CNC(C)(C)C. The molecule has 1 nitrogen and oxygen atoms in total. The first-order chi connectivity index (χ1) is 6.37. The molecule has 1 heteroatoms. The van der Waals surface area contributed by atoms with Gasteiger partial charge in [0.2, 0.25) is 0 Å². The number of rotatable bonds is 5. The molecule has 0 aromatic heterocycles. The van der Waals surface area contributed by atoms with Crippen molar-refractivity contribution in [2.24, 2.45) is 5.92 Å². The Morgan fingerprint density at radius 1 is 1.43 bits per heavy atom. The van der Waals surface area contributed by atoms with E-state index < -0.39 is 0 Å². The molecule has 0 fully saturated rings. The molecule has 0 amide bonds. The van der Waals surface area contributed by atoms with Gasteiger partial charge >= 0.3 is 0 Å². The third-order valence-electron chi connectivity index (χ3n) is 2.02. The first-order valence-corrected chi connectivity index (χ1v) is 5.09. The van der Waals surface area contributed by atoms with E-state index in [9.17, 15) is 0 Å². The van der Waals surface area contributed by atoms with E-state index in [4.69, 9.17) is 0 Å². The van der Waals surface area contributed by atoms with Gasteiger partial charge in [-0.05, 0) is 26.7 Å². The minimum atomic E-state index is 0.177. The van der Waals surface area contributed by atoms with Crippen molar-refractivity contribution < 1.29 is 0 Å². The fourth-order valence-electron chi connectivity index (χ4n) is 0.946. The molecule has 0 radical (unpaired) electrons. The maximum atomic E-state index is 4.02. The predicted octanol–water partition coefficient (Wildman–Crippen LogP) is 3.31. The summed E-state index contributed by atoms with van der Waals surface area (Å²) in [6.07, 6.45) is 5.72. The van der Waals surface area contributed by atoms with Crippen molar-refractivity contribution in [3.63, 3.8) is 0 Å². The molecule has 1 atom stereocenters. The number of nitrogens with one attached hydrogen (secondary N) is 1. The lowest BCUT2D eigenvalue weighted by molar-refractivity contribution is 0.402.